The summed E-state index contributed by atoms with van der Waals surface area (Å²) in [6.45, 7) is 2.98. The van der Waals surface area contributed by atoms with E-state index in [9.17, 15) is 22.8 Å². The van der Waals surface area contributed by atoms with Crippen LogP contribution in [0.15, 0.2) is 0 Å². The second kappa shape index (κ2) is 5.86. The predicted molar refractivity (Wildman–Crippen MR) is 62.2 cm³/mol. The van der Waals surface area contributed by atoms with Gasteiger partial charge in [-0.25, -0.2) is 9.59 Å². The highest BCUT2D eigenvalue weighted by atomic mass is 19.4. The summed E-state index contributed by atoms with van der Waals surface area (Å²) in [7, 11) is 0. The number of amides is 2. The lowest BCUT2D eigenvalue weighted by molar-refractivity contribution is -0.203. The first-order valence-corrected chi connectivity index (χ1v) is 6.04. The average molecular weight is 298 g/mol. The van der Waals surface area contributed by atoms with E-state index in [0.29, 0.717) is 26.6 Å². The molecular formula is C11H17F3N2O4. The fourth-order valence-corrected chi connectivity index (χ4v) is 1.78. The molecule has 0 radical (unpaired) electrons. The summed E-state index contributed by atoms with van der Waals surface area (Å²) in [4.78, 5) is 22.3. The number of alkyl halides is 3. The van der Waals surface area contributed by atoms with Gasteiger partial charge in [0.1, 0.15) is 0 Å². The van der Waals surface area contributed by atoms with Crippen molar-refractivity contribution in [1.29, 1.82) is 0 Å². The number of nitrogens with one attached hydrogen (secondary N) is 2. The molecule has 3 atom stereocenters. The van der Waals surface area contributed by atoms with Crippen LogP contribution < -0.4 is 10.6 Å². The first-order valence-electron chi connectivity index (χ1n) is 6.04. The monoisotopic (exact) mass is 298 g/mol. The molecule has 0 aromatic rings. The molecule has 2 amide bonds. The van der Waals surface area contributed by atoms with E-state index >= 15 is 0 Å². The molecular weight excluding hydrogens is 281 g/mol. The van der Waals surface area contributed by atoms with Gasteiger partial charge in [0.2, 0.25) is 5.54 Å². The number of hydrogen-bond acceptors (Lipinski definition) is 3. The molecule has 3 unspecified atom stereocenters. The molecule has 116 valence electrons. The molecule has 1 saturated heterocycles. The van der Waals surface area contributed by atoms with Gasteiger partial charge >= 0.3 is 18.2 Å². The largest absolute Gasteiger partial charge is 0.479 e. The lowest BCUT2D eigenvalue weighted by atomic mass is 10.0. The van der Waals surface area contributed by atoms with Gasteiger partial charge in [-0.1, -0.05) is 0 Å². The number of rotatable bonds is 4. The average Bonchev–Trinajstić information content (AvgIpc) is 2.79. The van der Waals surface area contributed by atoms with E-state index in [-0.39, 0.29) is 5.92 Å². The number of ether oxygens (including phenoxy) is 1. The molecule has 6 nitrogen and oxygen atoms in total. The predicted octanol–water partition coefficient (Wildman–Crippen LogP) is 1.12. The number of hydrogen-bond donors (Lipinski definition) is 3. The molecule has 20 heavy (non-hydrogen) atoms. The molecule has 0 aromatic heterocycles. The van der Waals surface area contributed by atoms with Crippen LogP contribution in [0.4, 0.5) is 18.0 Å². The van der Waals surface area contributed by atoms with Crippen molar-refractivity contribution in [3.8, 4) is 0 Å². The molecule has 0 aliphatic carbocycles. The third-order valence-electron chi connectivity index (χ3n) is 3.39. The van der Waals surface area contributed by atoms with Gasteiger partial charge in [0.25, 0.3) is 0 Å². The number of carbonyl (C=O) groups is 2. The molecule has 0 saturated carbocycles. The third-order valence-corrected chi connectivity index (χ3v) is 3.39. The lowest BCUT2D eigenvalue weighted by Gasteiger charge is -2.29. The Morgan fingerprint density at radius 3 is 2.40 bits per heavy atom. The van der Waals surface area contributed by atoms with Gasteiger partial charge in [0.05, 0.1) is 6.61 Å². The molecule has 0 spiro atoms. The molecule has 1 heterocycles. The van der Waals surface area contributed by atoms with Gasteiger partial charge in [0.15, 0.2) is 0 Å². The van der Waals surface area contributed by atoms with E-state index in [2.05, 4.69) is 5.32 Å². The second-order valence-corrected chi connectivity index (χ2v) is 4.94. The Balaban J connectivity index is 2.65. The maximum absolute atomic E-state index is 12.7. The topological polar surface area (TPSA) is 87.7 Å². The molecule has 1 aliphatic heterocycles. The number of carbonyl (C=O) groups excluding carboxylic acids is 1. The van der Waals surface area contributed by atoms with Crippen molar-refractivity contribution in [3.05, 3.63) is 0 Å². The first-order chi connectivity index (χ1) is 9.08. The molecule has 1 aliphatic rings. The van der Waals surface area contributed by atoms with Crippen molar-refractivity contribution in [3.63, 3.8) is 0 Å². The van der Waals surface area contributed by atoms with Crippen LogP contribution in [0.5, 0.6) is 0 Å². The minimum absolute atomic E-state index is 0.00252. The SMILES string of the molecule is CC(NC(=O)NC(C)(C(=O)O)C(F)(F)F)C1CCOC1. The van der Waals surface area contributed by atoms with Gasteiger partial charge in [0, 0.05) is 18.6 Å². The molecule has 0 aromatic carbocycles. The highest BCUT2D eigenvalue weighted by molar-refractivity contribution is 5.86. The summed E-state index contributed by atoms with van der Waals surface area (Å²) < 4.78 is 43.2. The fourth-order valence-electron chi connectivity index (χ4n) is 1.78. The normalized spacial score (nSPS) is 23.8. The Bertz CT molecular complexity index is 382. The Morgan fingerprint density at radius 1 is 1.40 bits per heavy atom. The molecule has 9 heteroatoms. The van der Waals surface area contributed by atoms with Crippen LogP contribution in [0.2, 0.25) is 0 Å². The first kappa shape index (κ1) is 16.5. The van der Waals surface area contributed by atoms with Crippen LogP contribution >= 0.6 is 0 Å². The van der Waals surface area contributed by atoms with Crippen LogP contribution in [0.1, 0.15) is 20.3 Å². The Hall–Kier alpha value is -1.51. The van der Waals surface area contributed by atoms with Crippen LogP contribution in [-0.4, -0.2) is 48.1 Å². The number of halogens is 3. The smallest absolute Gasteiger partial charge is 0.422 e. The van der Waals surface area contributed by atoms with Gasteiger partial charge in [-0.3, -0.25) is 0 Å². The summed E-state index contributed by atoms with van der Waals surface area (Å²) in [6.07, 6.45) is -4.41. The number of urea groups is 1. The Morgan fingerprint density at radius 2 is 2.00 bits per heavy atom. The van der Waals surface area contributed by atoms with Crippen LogP contribution in [0, 0.1) is 5.92 Å². The van der Waals surface area contributed by atoms with E-state index in [1.165, 1.54) is 5.32 Å². The van der Waals surface area contributed by atoms with Crippen LogP contribution in [0.25, 0.3) is 0 Å². The number of carboxylic acids is 1. The van der Waals surface area contributed by atoms with Crippen molar-refractivity contribution in [2.45, 2.75) is 38.0 Å². The van der Waals surface area contributed by atoms with E-state index in [1.54, 1.807) is 6.92 Å². The zero-order valence-corrected chi connectivity index (χ0v) is 11.1. The van der Waals surface area contributed by atoms with E-state index in [1.807, 2.05) is 0 Å². The second-order valence-electron chi connectivity index (χ2n) is 4.94. The summed E-state index contributed by atoms with van der Waals surface area (Å²) in [6, 6.07) is -1.59. The minimum Gasteiger partial charge on any atom is -0.479 e. The zero-order chi connectivity index (χ0) is 15.6. The molecule has 1 fully saturated rings. The number of aliphatic carboxylic acids is 1. The standard InChI is InChI=1S/C11H17F3N2O4/c1-6(7-3-4-20-5-7)15-9(19)16-10(2,8(17)18)11(12,13)14/h6-7H,3-5H2,1-2H3,(H,17,18)(H2,15,16,19). The van der Waals surface area contributed by atoms with Gasteiger partial charge < -0.3 is 20.5 Å². The summed E-state index contributed by atoms with van der Waals surface area (Å²) in [5.41, 5.74) is -3.33. The van der Waals surface area contributed by atoms with E-state index in [4.69, 9.17) is 9.84 Å². The van der Waals surface area contributed by atoms with Gasteiger partial charge in [-0.2, -0.15) is 13.2 Å². The maximum Gasteiger partial charge on any atom is 0.422 e. The van der Waals surface area contributed by atoms with Crippen molar-refractivity contribution in [1.82, 2.24) is 10.6 Å². The van der Waals surface area contributed by atoms with Crippen molar-refractivity contribution < 1.29 is 32.6 Å². The van der Waals surface area contributed by atoms with E-state index in [0.717, 1.165) is 0 Å². The summed E-state index contributed by atoms with van der Waals surface area (Å²) in [5, 5.41) is 12.5. The molecule has 1 rings (SSSR count). The van der Waals surface area contributed by atoms with Gasteiger partial charge in [-0.15, -0.1) is 0 Å². The van der Waals surface area contributed by atoms with Crippen LogP contribution in [0.3, 0.4) is 0 Å². The quantitative estimate of drug-likeness (QED) is 0.725. The van der Waals surface area contributed by atoms with Crippen molar-refractivity contribution >= 4 is 12.0 Å². The van der Waals surface area contributed by atoms with E-state index < -0.39 is 29.8 Å². The summed E-state index contributed by atoms with van der Waals surface area (Å²) in [5.74, 6) is -2.17. The zero-order valence-electron chi connectivity index (χ0n) is 11.1. The van der Waals surface area contributed by atoms with Gasteiger partial charge in [-0.05, 0) is 20.3 Å². The van der Waals surface area contributed by atoms with Crippen molar-refractivity contribution in [2.24, 2.45) is 5.92 Å². The fraction of sp³-hybridized carbons (Fsp3) is 0.818. The number of carboxylic acid groups (broad SMARTS) is 1. The van der Waals surface area contributed by atoms with Crippen LogP contribution in [-0.2, 0) is 9.53 Å². The Labute approximate surface area is 113 Å². The lowest BCUT2D eigenvalue weighted by Crippen LogP contribution is -2.64. The molecule has 3 N–H and O–H groups in total. The maximum atomic E-state index is 12.7. The molecule has 0 bridgehead atoms. The highest BCUT2D eigenvalue weighted by Crippen LogP contribution is 2.30. The summed E-state index contributed by atoms with van der Waals surface area (Å²) >= 11 is 0. The van der Waals surface area contributed by atoms with Crippen molar-refractivity contribution in [2.75, 3.05) is 13.2 Å². The minimum atomic E-state index is -5.10. The third kappa shape index (κ3) is 3.53. The Kier molecular flexibility index (Phi) is 4.85. The highest BCUT2D eigenvalue weighted by Gasteiger charge is 2.58.